The molecule has 0 bridgehead atoms. The zero-order valence-corrected chi connectivity index (χ0v) is 15.8. The zero-order chi connectivity index (χ0) is 21.1. The highest BCUT2D eigenvalue weighted by atomic mass is 16.4. The molecule has 0 radical (unpaired) electrons. The van der Waals surface area contributed by atoms with Crippen molar-refractivity contribution in [2.75, 3.05) is 0 Å². The molecule has 1 heterocycles. The fourth-order valence-corrected chi connectivity index (χ4v) is 3.41. The van der Waals surface area contributed by atoms with Crippen molar-refractivity contribution in [1.29, 1.82) is 5.41 Å². The number of nitrogens with zero attached hydrogens (tertiary/aromatic N) is 1. The van der Waals surface area contributed by atoms with Gasteiger partial charge < -0.3 is 16.2 Å². The van der Waals surface area contributed by atoms with Gasteiger partial charge in [-0.1, -0.05) is 54.6 Å². The van der Waals surface area contributed by atoms with Crippen LogP contribution in [0.25, 0.3) is 0 Å². The number of hydrogen-bond donors (Lipinski definition) is 4. The second-order valence-electron chi connectivity index (χ2n) is 6.99. The smallest absolute Gasteiger partial charge is 0.327 e. The maximum atomic E-state index is 12.6. The predicted molar refractivity (Wildman–Crippen MR) is 106 cm³/mol. The molecule has 3 rings (SSSR count). The van der Waals surface area contributed by atoms with Gasteiger partial charge in [0.1, 0.15) is 5.84 Å². The largest absolute Gasteiger partial charge is 0.480 e. The van der Waals surface area contributed by atoms with Gasteiger partial charge in [-0.2, -0.15) is 0 Å². The SMILES string of the molecule is CC(NC(=O)N1C(=O)C(Cc2ccc(C(=N)N)cc2)C1C(=O)O)c1ccccc1. The highest BCUT2D eigenvalue weighted by Gasteiger charge is 2.54. The molecule has 8 nitrogen and oxygen atoms in total. The number of aliphatic carboxylic acids is 1. The van der Waals surface area contributed by atoms with Gasteiger partial charge >= 0.3 is 12.0 Å². The van der Waals surface area contributed by atoms with Crippen LogP contribution in [0.15, 0.2) is 54.6 Å². The lowest BCUT2D eigenvalue weighted by Crippen LogP contribution is -2.68. The third-order valence-corrected chi connectivity index (χ3v) is 5.05. The minimum absolute atomic E-state index is 0.0740. The molecule has 0 aromatic heterocycles. The highest BCUT2D eigenvalue weighted by molar-refractivity contribution is 6.07. The van der Waals surface area contributed by atoms with E-state index in [1.807, 2.05) is 30.3 Å². The number of imide groups is 1. The monoisotopic (exact) mass is 394 g/mol. The van der Waals surface area contributed by atoms with Gasteiger partial charge in [0.05, 0.1) is 12.0 Å². The minimum atomic E-state index is -1.22. The van der Waals surface area contributed by atoms with Crippen molar-refractivity contribution in [2.24, 2.45) is 11.7 Å². The lowest BCUT2D eigenvalue weighted by atomic mass is 9.82. The fourth-order valence-electron chi connectivity index (χ4n) is 3.41. The molecule has 29 heavy (non-hydrogen) atoms. The number of amides is 3. The van der Waals surface area contributed by atoms with E-state index < -0.39 is 29.9 Å². The number of nitrogens with one attached hydrogen (secondary N) is 2. The Morgan fingerprint density at radius 3 is 2.34 bits per heavy atom. The van der Waals surface area contributed by atoms with Crippen molar-refractivity contribution in [1.82, 2.24) is 10.2 Å². The molecule has 1 fully saturated rings. The molecule has 0 aliphatic carbocycles. The van der Waals surface area contributed by atoms with Crippen molar-refractivity contribution in [3.05, 3.63) is 71.3 Å². The first-order valence-corrected chi connectivity index (χ1v) is 9.14. The van der Waals surface area contributed by atoms with Crippen molar-refractivity contribution in [2.45, 2.75) is 25.4 Å². The van der Waals surface area contributed by atoms with E-state index in [2.05, 4.69) is 5.32 Å². The van der Waals surface area contributed by atoms with Crippen molar-refractivity contribution < 1.29 is 19.5 Å². The third-order valence-electron chi connectivity index (χ3n) is 5.05. The summed E-state index contributed by atoms with van der Waals surface area (Å²) in [6.07, 6.45) is 0.187. The summed E-state index contributed by atoms with van der Waals surface area (Å²) in [4.78, 5) is 37.6. The number of likely N-dealkylation sites (tertiary alicyclic amines) is 1. The van der Waals surface area contributed by atoms with E-state index in [4.69, 9.17) is 11.1 Å². The average Bonchev–Trinajstić information content (AvgIpc) is 2.70. The lowest BCUT2D eigenvalue weighted by Gasteiger charge is -2.43. The number of nitrogens with two attached hydrogens (primary N) is 1. The number of rotatable bonds is 6. The van der Waals surface area contributed by atoms with Crippen LogP contribution in [0.3, 0.4) is 0 Å². The van der Waals surface area contributed by atoms with Gasteiger partial charge in [0, 0.05) is 5.56 Å². The number of benzene rings is 2. The van der Waals surface area contributed by atoms with Gasteiger partial charge in [0.15, 0.2) is 6.04 Å². The number of carboxylic acid groups (broad SMARTS) is 1. The summed E-state index contributed by atoms with van der Waals surface area (Å²) in [6, 6.07) is 13.6. The Bertz CT molecular complexity index is 943. The van der Waals surface area contributed by atoms with E-state index in [0.717, 1.165) is 16.0 Å². The van der Waals surface area contributed by atoms with Crippen molar-refractivity contribution in [3.8, 4) is 0 Å². The zero-order valence-electron chi connectivity index (χ0n) is 15.8. The number of carboxylic acids is 1. The van der Waals surface area contributed by atoms with Crippen LogP contribution in [0.2, 0.25) is 0 Å². The maximum absolute atomic E-state index is 12.6. The van der Waals surface area contributed by atoms with E-state index in [1.54, 1.807) is 31.2 Å². The molecular formula is C21H22N4O4. The minimum Gasteiger partial charge on any atom is -0.480 e. The van der Waals surface area contributed by atoms with E-state index in [-0.39, 0.29) is 18.3 Å². The summed E-state index contributed by atoms with van der Waals surface area (Å²) in [7, 11) is 0. The molecule has 3 amide bonds. The van der Waals surface area contributed by atoms with Crippen molar-refractivity contribution >= 4 is 23.7 Å². The van der Waals surface area contributed by atoms with Crippen LogP contribution in [-0.2, 0) is 16.0 Å². The second-order valence-corrected chi connectivity index (χ2v) is 6.99. The molecule has 1 saturated heterocycles. The van der Waals surface area contributed by atoms with Crippen LogP contribution in [-0.4, -0.2) is 39.8 Å². The van der Waals surface area contributed by atoms with Crippen LogP contribution in [0, 0.1) is 11.3 Å². The van der Waals surface area contributed by atoms with Crippen LogP contribution in [0.1, 0.15) is 29.7 Å². The van der Waals surface area contributed by atoms with Gasteiger partial charge in [-0.3, -0.25) is 10.2 Å². The Labute approximate surface area is 167 Å². The van der Waals surface area contributed by atoms with Gasteiger partial charge in [0.2, 0.25) is 5.91 Å². The van der Waals surface area contributed by atoms with Crippen molar-refractivity contribution in [3.63, 3.8) is 0 Å². The Kier molecular flexibility index (Phi) is 5.63. The molecular weight excluding hydrogens is 372 g/mol. The third kappa shape index (κ3) is 4.11. The summed E-state index contributed by atoms with van der Waals surface area (Å²) in [5.41, 5.74) is 7.54. The highest BCUT2D eigenvalue weighted by Crippen LogP contribution is 2.31. The van der Waals surface area contributed by atoms with Crippen LogP contribution in [0.5, 0.6) is 0 Å². The summed E-state index contributed by atoms with van der Waals surface area (Å²) in [5.74, 6) is -2.65. The first-order chi connectivity index (χ1) is 13.8. The number of hydrogen-bond acceptors (Lipinski definition) is 4. The molecule has 5 N–H and O–H groups in total. The van der Waals surface area contributed by atoms with E-state index in [9.17, 15) is 19.5 Å². The van der Waals surface area contributed by atoms with E-state index in [1.165, 1.54) is 0 Å². The normalized spacial score (nSPS) is 19.2. The number of carbonyl (C=O) groups is 3. The molecule has 0 saturated carbocycles. The molecule has 1 aliphatic heterocycles. The number of amidine groups is 1. The first-order valence-electron chi connectivity index (χ1n) is 9.14. The molecule has 8 heteroatoms. The lowest BCUT2D eigenvalue weighted by molar-refractivity contribution is -0.165. The second kappa shape index (κ2) is 8.14. The Morgan fingerprint density at radius 1 is 1.17 bits per heavy atom. The molecule has 0 spiro atoms. The molecule has 3 unspecified atom stereocenters. The van der Waals surface area contributed by atoms with Crippen LogP contribution in [0.4, 0.5) is 4.79 Å². The standard InChI is InChI=1S/C21H22N4O4/c1-12(14-5-3-2-4-6-14)24-21(29)25-17(20(27)28)16(19(25)26)11-13-7-9-15(10-8-13)18(22)23/h2-10,12,16-17H,11H2,1H3,(H3,22,23)(H,24,29)(H,27,28). The topological polar surface area (TPSA) is 137 Å². The van der Waals surface area contributed by atoms with Crippen LogP contribution < -0.4 is 11.1 Å². The summed E-state index contributed by atoms with van der Waals surface area (Å²) < 4.78 is 0. The van der Waals surface area contributed by atoms with Gasteiger partial charge in [-0.15, -0.1) is 0 Å². The summed E-state index contributed by atoms with van der Waals surface area (Å²) in [5, 5.41) is 19.7. The quantitative estimate of drug-likeness (QED) is 0.337. The molecule has 150 valence electrons. The Hall–Kier alpha value is -3.68. The average molecular weight is 394 g/mol. The maximum Gasteiger partial charge on any atom is 0.327 e. The predicted octanol–water partition coefficient (Wildman–Crippen LogP) is 1.90. The molecule has 3 atom stereocenters. The fraction of sp³-hybridized carbons (Fsp3) is 0.238. The number of urea groups is 1. The summed E-state index contributed by atoms with van der Waals surface area (Å²) in [6.45, 7) is 1.77. The molecule has 2 aromatic carbocycles. The van der Waals surface area contributed by atoms with Gasteiger partial charge in [0.25, 0.3) is 0 Å². The summed E-state index contributed by atoms with van der Waals surface area (Å²) >= 11 is 0. The van der Waals surface area contributed by atoms with E-state index in [0.29, 0.717) is 5.56 Å². The Morgan fingerprint density at radius 2 is 1.79 bits per heavy atom. The number of nitrogen functional groups attached to an aromatic ring is 1. The number of β-lactam (4-membered cyclic amide) rings is 1. The van der Waals surface area contributed by atoms with Gasteiger partial charge in [-0.25, -0.2) is 14.5 Å². The van der Waals surface area contributed by atoms with Crippen LogP contribution >= 0.6 is 0 Å². The Balaban J connectivity index is 1.69. The number of carbonyl (C=O) groups excluding carboxylic acids is 2. The molecule has 2 aromatic rings. The van der Waals surface area contributed by atoms with Gasteiger partial charge in [-0.05, 0) is 24.5 Å². The molecule has 1 aliphatic rings. The first kappa shape index (κ1) is 20.1. The van der Waals surface area contributed by atoms with E-state index >= 15 is 0 Å².